The number of rotatable bonds is 3. The monoisotopic (exact) mass is 219 g/mol. The Morgan fingerprint density at radius 3 is 2.81 bits per heavy atom. The van der Waals surface area contributed by atoms with Crippen molar-refractivity contribution in [1.29, 1.82) is 0 Å². The van der Waals surface area contributed by atoms with Gasteiger partial charge in [-0.1, -0.05) is 0 Å². The third kappa shape index (κ3) is 1.93. The highest BCUT2D eigenvalue weighted by molar-refractivity contribution is 5.94. The molecular weight excluding hydrogens is 202 g/mol. The molecule has 86 valence electrons. The Morgan fingerprint density at radius 2 is 2.25 bits per heavy atom. The van der Waals surface area contributed by atoms with Crippen molar-refractivity contribution in [2.45, 2.75) is 25.8 Å². The van der Waals surface area contributed by atoms with Crippen LogP contribution in [0.4, 0.5) is 0 Å². The second kappa shape index (κ2) is 4.22. The van der Waals surface area contributed by atoms with Gasteiger partial charge in [0.05, 0.1) is 0 Å². The molecule has 1 aromatic heterocycles. The molecule has 1 aliphatic heterocycles. The van der Waals surface area contributed by atoms with Crippen LogP contribution >= 0.6 is 0 Å². The highest BCUT2D eigenvalue weighted by Crippen LogP contribution is 2.29. The number of amides is 1. The lowest BCUT2D eigenvalue weighted by Crippen LogP contribution is -2.49. The van der Waals surface area contributed by atoms with Crippen molar-refractivity contribution in [3.63, 3.8) is 0 Å². The maximum absolute atomic E-state index is 11.3. The molecule has 0 radical (unpaired) electrons. The van der Waals surface area contributed by atoms with Crippen molar-refractivity contribution in [1.82, 2.24) is 9.88 Å². The maximum Gasteiger partial charge on any atom is 0.249 e. The normalized spacial score (nSPS) is 17.4. The molecule has 2 N–H and O–H groups in total. The SMILES string of the molecule is CC(C)N1CC(c2cnccc2C(N)=O)C1. The number of hydrogen-bond donors (Lipinski definition) is 1. The van der Waals surface area contributed by atoms with Crippen LogP contribution in [0.5, 0.6) is 0 Å². The average molecular weight is 219 g/mol. The highest BCUT2D eigenvalue weighted by atomic mass is 16.1. The van der Waals surface area contributed by atoms with Crippen LogP contribution in [-0.2, 0) is 0 Å². The van der Waals surface area contributed by atoms with E-state index in [1.165, 1.54) is 0 Å². The first-order chi connectivity index (χ1) is 7.59. The van der Waals surface area contributed by atoms with Crippen molar-refractivity contribution in [3.8, 4) is 0 Å². The molecule has 4 heteroatoms. The van der Waals surface area contributed by atoms with Gasteiger partial charge in [-0.05, 0) is 25.5 Å². The first kappa shape index (κ1) is 11.1. The van der Waals surface area contributed by atoms with Gasteiger partial charge >= 0.3 is 0 Å². The quantitative estimate of drug-likeness (QED) is 0.824. The average Bonchev–Trinajstić information content (AvgIpc) is 2.15. The zero-order valence-electron chi connectivity index (χ0n) is 9.68. The minimum atomic E-state index is -0.361. The summed E-state index contributed by atoms with van der Waals surface area (Å²) in [5, 5.41) is 0. The van der Waals surface area contributed by atoms with Gasteiger partial charge in [-0.2, -0.15) is 0 Å². The molecule has 1 saturated heterocycles. The summed E-state index contributed by atoms with van der Waals surface area (Å²) >= 11 is 0. The molecule has 0 bridgehead atoms. The number of pyridine rings is 1. The summed E-state index contributed by atoms with van der Waals surface area (Å²) in [6, 6.07) is 2.26. The number of nitrogens with zero attached hydrogens (tertiary/aromatic N) is 2. The number of hydrogen-bond acceptors (Lipinski definition) is 3. The van der Waals surface area contributed by atoms with E-state index in [4.69, 9.17) is 5.73 Å². The fraction of sp³-hybridized carbons (Fsp3) is 0.500. The summed E-state index contributed by atoms with van der Waals surface area (Å²) < 4.78 is 0. The van der Waals surface area contributed by atoms with Gasteiger partial charge < -0.3 is 5.73 Å². The van der Waals surface area contributed by atoms with Crippen molar-refractivity contribution in [2.24, 2.45) is 5.73 Å². The van der Waals surface area contributed by atoms with Crippen LogP contribution in [0.1, 0.15) is 35.7 Å². The lowest BCUT2D eigenvalue weighted by Gasteiger charge is -2.42. The van der Waals surface area contributed by atoms with Crippen molar-refractivity contribution >= 4 is 5.91 Å². The standard InChI is InChI=1S/C12H17N3O/c1-8(2)15-6-9(7-15)11-5-14-4-3-10(11)12(13)16/h3-5,8-9H,6-7H2,1-2H3,(H2,13,16). The molecule has 2 rings (SSSR count). The molecular formula is C12H17N3O. The van der Waals surface area contributed by atoms with Crippen LogP contribution in [-0.4, -0.2) is 34.9 Å². The van der Waals surface area contributed by atoms with E-state index in [1.807, 2.05) is 0 Å². The fourth-order valence-electron chi connectivity index (χ4n) is 2.09. The van der Waals surface area contributed by atoms with Crippen molar-refractivity contribution < 1.29 is 4.79 Å². The van der Waals surface area contributed by atoms with Crippen LogP contribution in [0, 0.1) is 0 Å². The van der Waals surface area contributed by atoms with E-state index in [0.717, 1.165) is 18.7 Å². The Hall–Kier alpha value is -1.42. The molecule has 2 heterocycles. The number of likely N-dealkylation sites (tertiary alicyclic amines) is 1. The van der Waals surface area contributed by atoms with Gasteiger partial charge in [0, 0.05) is 43.0 Å². The number of carbonyl (C=O) groups is 1. The van der Waals surface area contributed by atoms with Gasteiger partial charge in [0.25, 0.3) is 0 Å². The van der Waals surface area contributed by atoms with Crippen LogP contribution in [0.2, 0.25) is 0 Å². The van der Waals surface area contributed by atoms with Gasteiger partial charge in [-0.3, -0.25) is 14.7 Å². The molecule has 0 saturated carbocycles. The van der Waals surface area contributed by atoms with E-state index >= 15 is 0 Å². The van der Waals surface area contributed by atoms with E-state index in [2.05, 4.69) is 23.7 Å². The molecule has 1 aliphatic rings. The first-order valence-electron chi connectivity index (χ1n) is 5.57. The number of carbonyl (C=O) groups excluding carboxylic acids is 1. The Bertz CT molecular complexity index is 397. The molecule has 0 unspecified atom stereocenters. The predicted molar refractivity (Wildman–Crippen MR) is 62.2 cm³/mol. The summed E-state index contributed by atoms with van der Waals surface area (Å²) in [7, 11) is 0. The van der Waals surface area contributed by atoms with Gasteiger partial charge in [-0.25, -0.2) is 0 Å². The van der Waals surface area contributed by atoms with Crippen LogP contribution < -0.4 is 5.73 Å². The molecule has 4 nitrogen and oxygen atoms in total. The Labute approximate surface area is 95.5 Å². The summed E-state index contributed by atoms with van der Waals surface area (Å²) in [5.41, 5.74) is 6.95. The molecule has 0 aromatic carbocycles. The second-order valence-electron chi connectivity index (χ2n) is 4.57. The lowest BCUT2D eigenvalue weighted by atomic mass is 9.88. The van der Waals surface area contributed by atoms with E-state index in [-0.39, 0.29) is 5.91 Å². The Balaban J connectivity index is 2.14. The highest BCUT2D eigenvalue weighted by Gasteiger charge is 2.31. The molecule has 0 atom stereocenters. The molecule has 16 heavy (non-hydrogen) atoms. The zero-order chi connectivity index (χ0) is 11.7. The van der Waals surface area contributed by atoms with Crippen LogP contribution in [0.15, 0.2) is 18.5 Å². The third-order valence-corrected chi connectivity index (χ3v) is 3.20. The molecule has 0 aliphatic carbocycles. The third-order valence-electron chi connectivity index (χ3n) is 3.20. The topological polar surface area (TPSA) is 59.2 Å². The van der Waals surface area contributed by atoms with Crippen LogP contribution in [0.3, 0.4) is 0 Å². The Kier molecular flexibility index (Phi) is 2.92. The lowest BCUT2D eigenvalue weighted by molar-refractivity contribution is 0.0978. The summed E-state index contributed by atoms with van der Waals surface area (Å²) in [6.45, 7) is 6.33. The summed E-state index contributed by atoms with van der Waals surface area (Å²) in [4.78, 5) is 17.7. The van der Waals surface area contributed by atoms with Crippen molar-refractivity contribution in [2.75, 3.05) is 13.1 Å². The van der Waals surface area contributed by atoms with Gasteiger partial charge in [0.1, 0.15) is 0 Å². The smallest absolute Gasteiger partial charge is 0.249 e. The van der Waals surface area contributed by atoms with E-state index in [1.54, 1.807) is 18.5 Å². The second-order valence-corrected chi connectivity index (χ2v) is 4.57. The van der Waals surface area contributed by atoms with E-state index in [0.29, 0.717) is 17.5 Å². The molecule has 0 spiro atoms. The van der Waals surface area contributed by atoms with Gasteiger partial charge in [0.15, 0.2) is 0 Å². The van der Waals surface area contributed by atoms with E-state index < -0.39 is 0 Å². The summed E-state index contributed by atoms with van der Waals surface area (Å²) in [6.07, 6.45) is 3.38. The zero-order valence-corrected chi connectivity index (χ0v) is 9.68. The minimum absolute atomic E-state index is 0.361. The first-order valence-corrected chi connectivity index (χ1v) is 5.57. The predicted octanol–water partition coefficient (Wildman–Crippen LogP) is 0.988. The maximum atomic E-state index is 11.3. The van der Waals surface area contributed by atoms with E-state index in [9.17, 15) is 4.79 Å². The Morgan fingerprint density at radius 1 is 1.56 bits per heavy atom. The summed E-state index contributed by atoms with van der Waals surface area (Å²) in [5.74, 6) is 0.0407. The van der Waals surface area contributed by atoms with Crippen LogP contribution in [0.25, 0.3) is 0 Å². The molecule has 1 amide bonds. The van der Waals surface area contributed by atoms with Gasteiger partial charge in [0.2, 0.25) is 5.91 Å². The number of primary amides is 1. The van der Waals surface area contributed by atoms with Crippen molar-refractivity contribution in [3.05, 3.63) is 29.6 Å². The largest absolute Gasteiger partial charge is 0.366 e. The molecule has 1 aromatic rings. The fourth-order valence-corrected chi connectivity index (χ4v) is 2.09. The number of aromatic nitrogens is 1. The number of nitrogens with two attached hydrogens (primary N) is 1. The minimum Gasteiger partial charge on any atom is -0.366 e. The van der Waals surface area contributed by atoms with Gasteiger partial charge in [-0.15, -0.1) is 0 Å². The molecule has 1 fully saturated rings.